The fraction of sp³-hybridized carbons (Fsp3) is 0.963. The van der Waals surface area contributed by atoms with Crippen molar-refractivity contribution >= 4 is 6.29 Å². The molecule has 0 bridgehead atoms. The highest BCUT2D eigenvalue weighted by molar-refractivity contribution is 5.52. The van der Waals surface area contributed by atoms with Crippen LogP contribution in [-0.2, 0) is 4.79 Å². The first kappa shape index (κ1) is 22.8. The molecule has 0 spiro atoms. The van der Waals surface area contributed by atoms with Gasteiger partial charge in [0.05, 0.1) is 12.2 Å². The van der Waals surface area contributed by atoms with E-state index in [0.717, 1.165) is 50.7 Å². The molecule has 30 heavy (non-hydrogen) atoms. The van der Waals surface area contributed by atoms with E-state index in [1.54, 1.807) is 0 Å². The summed E-state index contributed by atoms with van der Waals surface area (Å²) in [6.07, 6.45) is 13.3. The van der Waals surface area contributed by atoms with Crippen LogP contribution in [0.25, 0.3) is 0 Å². The van der Waals surface area contributed by atoms with Crippen LogP contribution in [-0.4, -0.2) is 28.7 Å². The molecule has 2 N–H and O–H groups in total. The Kier molecular flexibility index (Phi) is 6.45. The van der Waals surface area contributed by atoms with Gasteiger partial charge in [0.15, 0.2) is 0 Å². The summed E-state index contributed by atoms with van der Waals surface area (Å²) in [5.74, 6) is 3.94. The van der Waals surface area contributed by atoms with E-state index in [2.05, 4.69) is 20.8 Å². The molecule has 0 radical (unpaired) electrons. The van der Waals surface area contributed by atoms with Gasteiger partial charge in [0.1, 0.15) is 6.29 Å². The van der Waals surface area contributed by atoms with Gasteiger partial charge in [-0.15, -0.1) is 0 Å². The summed E-state index contributed by atoms with van der Waals surface area (Å²) in [6, 6.07) is 0. The molecule has 0 amide bonds. The molecule has 0 saturated heterocycles. The van der Waals surface area contributed by atoms with Crippen LogP contribution in [0.2, 0.25) is 0 Å². The molecule has 4 aliphatic carbocycles. The van der Waals surface area contributed by atoms with Gasteiger partial charge in [-0.25, -0.2) is 0 Å². The molecule has 0 aliphatic heterocycles. The SMILES string of the molecule is CC(C=O)CCCC(C)C1CCC2C3C(O)CC4CC(O)CCC4(C)C3CCC12C. The van der Waals surface area contributed by atoms with Crippen LogP contribution >= 0.6 is 0 Å². The van der Waals surface area contributed by atoms with Gasteiger partial charge in [-0.1, -0.05) is 40.5 Å². The first-order valence-electron chi connectivity index (χ1n) is 13.0. The summed E-state index contributed by atoms with van der Waals surface area (Å²) in [4.78, 5) is 10.9. The highest BCUT2D eigenvalue weighted by atomic mass is 16.3. The van der Waals surface area contributed by atoms with Gasteiger partial charge in [-0.2, -0.15) is 0 Å². The summed E-state index contributed by atoms with van der Waals surface area (Å²) in [5.41, 5.74) is 0.689. The number of rotatable bonds is 6. The minimum atomic E-state index is -0.175. The number of hydrogen-bond acceptors (Lipinski definition) is 3. The van der Waals surface area contributed by atoms with Crippen molar-refractivity contribution in [2.45, 2.75) is 111 Å². The third-order valence-corrected chi connectivity index (χ3v) is 11.0. The Hall–Kier alpha value is -0.410. The standard InChI is InChI=1S/C27H46O3/c1-17(16-28)6-5-7-18(2)21-8-9-22-25-23(11-13-27(21,22)4)26(3)12-10-20(29)14-19(26)15-24(25)30/h16-25,29-30H,5-15H2,1-4H3. The van der Waals surface area contributed by atoms with Crippen LogP contribution in [0.1, 0.15) is 98.3 Å². The Bertz CT molecular complexity index is 619. The molecule has 0 aromatic heterocycles. The molecule has 11 unspecified atom stereocenters. The molecule has 0 heterocycles. The van der Waals surface area contributed by atoms with Gasteiger partial charge in [0.25, 0.3) is 0 Å². The van der Waals surface area contributed by atoms with Crippen molar-refractivity contribution < 1.29 is 15.0 Å². The van der Waals surface area contributed by atoms with Gasteiger partial charge >= 0.3 is 0 Å². The van der Waals surface area contributed by atoms with Crippen molar-refractivity contribution in [3.8, 4) is 0 Å². The predicted octanol–water partition coefficient (Wildman–Crippen LogP) is 5.62. The maximum absolute atomic E-state index is 11.3. The van der Waals surface area contributed by atoms with Gasteiger partial charge in [-0.3, -0.25) is 0 Å². The monoisotopic (exact) mass is 418 g/mol. The smallest absolute Gasteiger partial charge is 0.122 e. The van der Waals surface area contributed by atoms with E-state index >= 15 is 0 Å². The number of aliphatic hydroxyl groups excluding tert-OH is 2. The molecule has 11 atom stereocenters. The molecule has 3 heteroatoms. The minimum Gasteiger partial charge on any atom is -0.393 e. The number of aldehydes is 1. The molecular weight excluding hydrogens is 372 g/mol. The summed E-state index contributed by atoms with van der Waals surface area (Å²) < 4.78 is 0. The van der Waals surface area contributed by atoms with Gasteiger partial charge in [-0.05, 0) is 104 Å². The Morgan fingerprint density at radius 3 is 2.37 bits per heavy atom. The van der Waals surface area contributed by atoms with Crippen molar-refractivity contribution in [1.29, 1.82) is 0 Å². The van der Waals surface area contributed by atoms with Crippen LogP contribution in [0.15, 0.2) is 0 Å². The van der Waals surface area contributed by atoms with Crippen LogP contribution in [0.3, 0.4) is 0 Å². The predicted molar refractivity (Wildman–Crippen MR) is 121 cm³/mol. The zero-order valence-electron chi connectivity index (χ0n) is 19.9. The number of carbonyl (C=O) groups is 1. The summed E-state index contributed by atoms with van der Waals surface area (Å²) in [7, 11) is 0. The van der Waals surface area contributed by atoms with E-state index < -0.39 is 0 Å². The minimum absolute atomic E-state index is 0.153. The van der Waals surface area contributed by atoms with Gasteiger partial charge in [0.2, 0.25) is 0 Å². The van der Waals surface area contributed by atoms with E-state index in [9.17, 15) is 15.0 Å². The lowest BCUT2D eigenvalue weighted by molar-refractivity contribution is -0.174. The third-order valence-electron chi connectivity index (χ3n) is 11.0. The van der Waals surface area contributed by atoms with Gasteiger partial charge in [0, 0.05) is 5.92 Å². The number of hydrogen-bond donors (Lipinski definition) is 2. The lowest BCUT2D eigenvalue weighted by atomic mass is 9.43. The normalized spacial score (nSPS) is 50.1. The number of aliphatic hydroxyl groups is 2. The van der Waals surface area contributed by atoms with E-state index in [4.69, 9.17) is 0 Å². The summed E-state index contributed by atoms with van der Waals surface area (Å²) in [5, 5.41) is 21.6. The highest BCUT2D eigenvalue weighted by Crippen LogP contribution is 2.68. The largest absolute Gasteiger partial charge is 0.393 e. The average Bonchev–Trinajstić information content (AvgIpc) is 3.06. The lowest BCUT2D eigenvalue weighted by Gasteiger charge is -2.62. The van der Waals surface area contributed by atoms with Crippen molar-refractivity contribution in [3.05, 3.63) is 0 Å². The second kappa shape index (κ2) is 8.50. The molecule has 4 saturated carbocycles. The van der Waals surface area contributed by atoms with Crippen molar-refractivity contribution in [3.63, 3.8) is 0 Å². The fourth-order valence-corrected chi connectivity index (χ4v) is 9.21. The summed E-state index contributed by atoms with van der Waals surface area (Å²) >= 11 is 0. The molecule has 0 aromatic carbocycles. The number of fused-ring (bicyclic) bond motifs is 5. The van der Waals surface area contributed by atoms with Crippen LogP contribution in [0.5, 0.6) is 0 Å². The zero-order valence-corrected chi connectivity index (χ0v) is 19.9. The lowest BCUT2D eigenvalue weighted by Crippen LogP contribution is -2.58. The van der Waals surface area contributed by atoms with E-state index in [0.29, 0.717) is 40.4 Å². The Labute approximate surface area is 184 Å². The number of carbonyl (C=O) groups excluding carboxylic acids is 1. The quantitative estimate of drug-likeness (QED) is 0.551. The molecule has 0 aromatic rings. The Morgan fingerprint density at radius 2 is 1.63 bits per heavy atom. The fourth-order valence-electron chi connectivity index (χ4n) is 9.21. The second-order valence-corrected chi connectivity index (χ2v) is 12.5. The van der Waals surface area contributed by atoms with Gasteiger partial charge < -0.3 is 15.0 Å². The highest BCUT2D eigenvalue weighted by Gasteiger charge is 2.62. The first-order chi connectivity index (χ1) is 14.2. The molecule has 4 fully saturated rings. The van der Waals surface area contributed by atoms with Crippen LogP contribution < -0.4 is 0 Å². The third kappa shape index (κ3) is 3.70. The molecule has 4 rings (SSSR count). The molecule has 4 aliphatic rings. The Morgan fingerprint density at radius 1 is 0.933 bits per heavy atom. The van der Waals surface area contributed by atoms with Crippen LogP contribution in [0.4, 0.5) is 0 Å². The van der Waals surface area contributed by atoms with E-state index in [1.165, 1.54) is 32.1 Å². The molecule has 172 valence electrons. The molecule has 3 nitrogen and oxygen atoms in total. The van der Waals surface area contributed by atoms with Crippen molar-refractivity contribution in [2.75, 3.05) is 0 Å². The Balaban J connectivity index is 1.48. The average molecular weight is 419 g/mol. The van der Waals surface area contributed by atoms with E-state index in [-0.39, 0.29) is 18.1 Å². The summed E-state index contributed by atoms with van der Waals surface area (Å²) in [6.45, 7) is 9.54. The van der Waals surface area contributed by atoms with Crippen molar-refractivity contribution in [2.24, 2.45) is 52.3 Å². The first-order valence-corrected chi connectivity index (χ1v) is 13.0. The maximum atomic E-state index is 11.3. The zero-order chi connectivity index (χ0) is 21.7. The maximum Gasteiger partial charge on any atom is 0.122 e. The topological polar surface area (TPSA) is 57.5 Å². The second-order valence-electron chi connectivity index (χ2n) is 12.5. The van der Waals surface area contributed by atoms with E-state index in [1.807, 2.05) is 6.92 Å². The van der Waals surface area contributed by atoms with Crippen LogP contribution in [0, 0.1) is 52.3 Å². The van der Waals surface area contributed by atoms with Crippen molar-refractivity contribution in [1.82, 2.24) is 0 Å². The molecular formula is C27H46O3.